The molecule has 6 heteroatoms. The summed E-state index contributed by atoms with van der Waals surface area (Å²) in [6.45, 7) is 5.73. The minimum Gasteiger partial charge on any atom is -0.480 e. The highest BCUT2D eigenvalue weighted by Crippen LogP contribution is 2.18. The molecule has 1 rings (SSSR count). The number of nitrogens with zero attached hydrogens (tertiary/aromatic N) is 3. The molecule has 0 spiro atoms. The summed E-state index contributed by atoms with van der Waals surface area (Å²) < 4.78 is 1.85. The van der Waals surface area contributed by atoms with Crippen molar-refractivity contribution in [1.82, 2.24) is 14.7 Å². The predicted octanol–water partition coefficient (Wildman–Crippen LogP) is 1.71. The lowest BCUT2D eigenvalue weighted by Crippen LogP contribution is -2.32. The van der Waals surface area contributed by atoms with Crippen LogP contribution in [0.25, 0.3) is 0 Å². The van der Waals surface area contributed by atoms with Gasteiger partial charge in [-0.3, -0.25) is 14.3 Å². The molecule has 0 unspecified atom stereocenters. The van der Waals surface area contributed by atoms with Crippen molar-refractivity contribution in [2.75, 3.05) is 13.6 Å². The number of hydrogen-bond donors (Lipinski definition) is 1. The van der Waals surface area contributed by atoms with E-state index in [1.807, 2.05) is 11.6 Å². The first-order valence-electron chi connectivity index (χ1n) is 6.44. The molecule has 1 N–H and O–H groups in total. The average Bonchev–Trinajstić information content (AvgIpc) is 2.71. The van der Waals surface area contributed by atoms with Crippen LogP contribution in [0.15, 0.2) is 6.07 Å². The minimum atomic E-state index is -1.04. The quantitative estimate of drug-likeness (QED) is 0.851. The SMILES string of the molecule is CCC(CC)n1nc(C(=O)N(C)CC(=O)O)cc1C. The second kappa shape index (κ2) is 6.36. The normalized spacial score (nSPS) is 10.8. The van der Waals surface area contributed by atoms with Crippen LogP contribution in [-0.4, -0.2) is 45.3 Å². The number of carbonyl (C=O) groups is 2. The third-order valence-electron chi connectivity index (χ3n) is 3.15. The number of likely N-dealkylation sites (N-methyl/N-ethyl adjacent to an activating group) is 1. The van der Waals surface area contributed by atoms with Gasteiger partial charge in [0.1, 0.15) is 6.54 Å². The number of aliphatic carboxylic acids is 1. The summed E-state index contributed by atoms with van der Waals surface area (Å²) in [5.41, 5.74) is 1.22. The van der Waals surface area contributed by atoms with Crippen LogP contribution in [-0.2, 0) is 4.79 Å². The Morgan fingerprint density at radius 3 is 2.47 bits per heavy atom. The molecule has 0 aliphatic carbocycles. The first-order chi connectivity index (χ1) is 8.90. The zero-order valence-electron chi connectivity index (χ0n) is 11.9. The molecule has 1 heterocycles. The van der Waals surface area contributed by atoms with E-state index in [-0.39, 0.29) is 18.5 Å². The smallest absolute Gasteiger partial charge is 0.323 e. The summed E-state index contributed by atoms with van der Waals surface area (Å²) >= 11 is 0. The van der Waals surface area contributed by atoms with Gasteiger partial charge in [0.15, 0.2) is 5.69 Å². The number of aryl methyl sites for hydroxylation is 1. The molecular weight excluding hydrogens is 246 g/mol. The largest absolute Gasteiger partial charge is 0.480 e. The molecule has 0 fully saturated rings. The van der Waals surface area contributed by atoms with E-state index in [1.165, 1.54) is 7.05 Å². The highest BCUT2D eigenvalue weighted by atomic mass is 16.4. The predicted molar refractivity (Wildman–Crippen MR) is 71.2 cm³/mol. The maximum Gasteiger partial charge on any atom is 0.323 e. The Morgan fingerprint density at radius 2 is 2.00 bits per heavy atom. The molecule has 0 saturated heterocycles. The molecule has 0 aromatic carbocycles. The standard InChI is InChI=1S/C13H21N3O3/c1-5-10(6-2)16-9(3)7-11(14-16)13(19)15(4)8-12(17)18/h7,10H,5-6,8H2,1-4H3,(H,17,18). The molecule has 0 bridgehead atoms. The number of amides is 1. The van der Waals surface area contributed by atoms with Gasteiger partial charge < -0.3 is 10.0 Å². The van der Waals surface area contributed by atoms with Crippen LogP contribution in [0.5, 0.6) is 0 Å². The summed E-state index contributed by atoms with van der Waals surface area (Å²) in [5.74, 6) is -1.40. The lowest BCUT2D eigenvalue weighted by Gasteiger charge is -2.15. The molecule has 0 aliphatic heterocycles. The van der Waals surface area contributed by atoms with Gasteiger partial charge >= 0.3 is 5.97 Å². The van der Waals surface area contributed by atoms with Crippen molar-refractivity contribution in [3.63, 3.8) is 0 Å². The van der Waals surface area contributed by atoms with Crippen LogP contribution in [0, 0.1) is 6.92 Å². The molecule has 1 aromatic rings. The summed E-state index contributed by atoms with van der Waals surface area (Å²) in [7, 11) is 1.46. The highest BCUT2D eigenvalue weighted by molar-refractivity contribution is 5.94. The van der Waals surface area contributed by atoms with E-state index in [4.69, 9.17) is 5.11 Å². The molecule has 1 aromatic heterocycles. The van der Waals surface area contributed by atoms with Crippen LogP contribution < -0.4 is 0 Å². The number of rotatable bonds is 6. The Kier molecular flexibility index (Phi) is 5.09. The maximum absolute atomic E-state index is 12.0. The first-order valence-corrected chi connectivity index (χ1v) is 6.44. The second-order valence-electron chi connectivity index (χ2n) is 4.64. The number of carboxylic acids is 1. The average molecular weight is 267 g/mol. The number of hydrogen-bond acceptors (Lipinski definition) is 3. The van der Waals surface area contributed by atoms with Gasteiger partial charge in [0.25, 0.3) is 5.91 Å². The summed E-state index contributed by atoms with van der Waals surface area (Å²) in [6.07, 6.45) is 1.88. The molecule has 0 radical (unpaired) electrons. The van der Waals surface area contributed by atoms with Crippen LogP contribution >= 0.6 is 0 Å². The number of carboxylic acid groups (broad SMARTS) is 1. The van der Waals surface area contributed by atoms with E-state index < -0.39 is 5.97 Å². The Hall–Kier alpha value is -1.85. The molecule has 6 nitrogen and oxygen atoms in total. The van der Waals surface area contributed by atoms with Crippen molar-refractivity contribution in [2.24, 2.45) is 0 Å². The van der Waals surface area contributed by atoms with Gasteiger partial charge in [-0.05, 0) is 25.8 Å². The summed E-state index contributed by atoms with van der Waals surface area (Å²) in [5, 5.41) is 13.0. The Morgan fingerprint density at radius 1 is 1.42 bits per heavy atom. The van der Waals surface area contributed by atoms with Crippen molar-refractivity contribution < 1.29 is 14.7 Å². The van der Waals surface area contributed by atoms with Gasteiger partial charge in [0, 0.05) is 12.7 Å². The molecule has 1 amide bonds. The molecule has 0 aliphatic rings. The minimum absolute atomic E-state index is 0.270. The Balaban J connectivity index is 2.94. The van der Waals surface area contributed by atoms with Crippen LogP contribution in [0.3, 0.4) is 0 Å². The van der Waals surface area contributed by atoms with Gasteiger partial charge in [-0.25, -0.2) is 0 Å². The van der Waals surface area contributed by atoms with Crippen LogP contribution in [0.4, 0.5) is 0 Å². The van der Waals surface area contributed by atoms with E-state index in [9.17, 15) is 9.59 Å². The lowest BCUT2D eigenvalue weighted by atomic mass is 10.2. The Labute approximate surface area is 113 Å². The maximum atomic E-state index is 12.0. The zero-order valence-corrected chi connectivity index (χ0v) is 11.9. The van der Waals surface area contributed by atoms with Crippen LogP contribution in [0.1, 0.15) is 48.9 Å². The molecular formula is C13H21N3O3. The monoisotopic (exact) mass is 267 g/mol. The highest BCUT2D eigenvalue weighted by Gasteiger charge is 2.20. The second-order valence-corrected chi connectivity index (χ2v) is 4.64. The van der Waals surface area contributed by atoms with E-state index in [0.29, 0.717) is 5.69 Å². The van der Waals surface area contributed by atoms with Gasteiger partial charge in [-0.15, -0.1) is 0 Å². The lowest BCUT2D eigenvalue weighted by molar-refractivity contribution is -0.137. The van der Waals surface area contributed by atoms with E-state index >= 15 is 0 Å². The van der Waals surface area contributed by atoms with Gasteiger partial charge in [0.2, 0.25) is 0 Å². The fraction of sp³-hybridized carbons (Fsp3) is 0.615. The Bertz CT molecular complexity index is 464. The van der Waals surface area contributed by atoms with Crippen molar-refractivity contribution >= 4 is 11.9 Å². The molecule has 106 valence electrons. The summed E-state index contributed by atoms with van der Waals surface area (Å²) in [6, 6.07) is 1.98. The zero-order chi connectivity index (χ0) is 14.6. The fourth-order valence-corrected chi connectivity index (χ4v) is 2.07. The fourth-order valence-electron chi connectivity index (χ4n) is 2.07. The molecule has 0 saturated carbocycles. The third kappa shape index (κ3) is 3.56. The van der Waals surface area contributed by atoms with Crippen molar-refractivity contribution in [3.8, 4) is 0 Å². The van der Waals surface area contributed by atoms with Gasteiger partial charge in [-0.1, -0.05) is 13.8 Å². The number of aromatic nitrogens is 2. The summed E-state index contributed by atoms with van der Waals surface area (Å²) in [4.78, 5) is 23.8. The van der Waals surface area contributed by atoms with Gasteiger partial charge in [0.05, 0.1) is 6.04 Å². The molecule has 19 heavy (non-hydrogen) atoms. The van der Waals surface area contributed by atoms with Crippen LogP contribution in [0.2, 0.25) is 0 Å². The van der Waals surface area contributed by atoms with Crippen molar-refractivity contribution in [1.29, 1.82) is 0 Å². The topological polar surface area (TPSA) is 75.4 Å². The van der Waals surface area contributed by atoms with E-state index in [1.54, 1.807) is 6.07 Å². The van der Waals surface area contributed by atoms with E-state index in [2.05, 4.69) is 18.9 Å². The molecule has 0 atom stereocenters. The first kappa shape index (κ1) is 15.2. The van der Waals surface area contributed by atoms with E-state index in [0.717, 1.165) is 23.4 Å². The van der Waals surface area contributed by atoms with Gasteiger partial charge in [-0.2, -0.15) is 5.10 Å². The number of carbonyl (C=O) groups excluding carboxylic acids is 1. The van der Waals surface area contributed by atoms with Crippen molar-refractivity contribution in [2.45, 2.75) is 39.7 Å². The van der Waals surface area contributed by atoms with Crippen molar-refractivity contribution in [3.05, 3.63) is 17.5 Å². The third-order valence-corrected chi connectivity index (χ3v) is 3.15.